The van der Waals surface area contributed by atoms with E-state index in [9.17, 15) is 18.3 Å². The van der Waals surface area contributed by atoms with Crippen molar-refractivity contribution in [2.24, 2.45) is 0 Å². The van der Waals surface area contributed by atoms with Gasteiger partial charge >= 0.3 is 5.97 Å². The highest BCUT2D eigenvalue weighted by Gasteiger charge is 2.25. The molecule has 0 fully saturated rings. The fourth-order valence-corrected chi connectivity index (χ4v) is 6.95. The topological polar surface area (TPSA) is 95.5 Å². The second-order valence-corrected chi connectivity index (χ2v) is 12.7. The number of carboxylic acid groups (broad SMARTS) is 1. The SMILES string of the molecule is CC1=C(C)SC(Nc2cccc(CCc3ccc(S(=O)(=O)CC(CC(=O)O)c4ccccc4)cc3)c2)N1. The molecule has 3 N–H and O–H groups in total. The van der Waals surface area contributed by atoms with Crippen LogP contribution in [0, 0.1) is 0 Å². The number of sulfone groups is 1. The zero-order valence-electron chi connectivity index (χ0n) is 21.0. The van der Waals surface area contributed by atoms with Crippen molar-refractivity contribution >= 4 is 33.3 Å². The maximum Gasteiger partial charge on any atom is 0.303 e. The molecule has 2 unspecified atom stereocenters. The van der Waals surface area contributed by atoms with Crippen LogP contribution in [0.25, 0.3) is 0 Å². The minimum atomic E-state index is -3.65. The molecule has 0 spiro atoms. The summed E-state index contributed by atoms with van der Waals surface area (Å²) in [5.74, 6) is -1.87. The molecule has 194 valence electrons. The highest BCUT2D eigenvalue weighted by atomic mass is 32.2. The lowest BCUT2D eigenvalue weighted by Crippen LogP contribution is -2.27. The molecule has 4 rings (SSSR count). The van der Waals surface area contributed by atoms with Crippen molar-refractivity contribution in [3.8, 4) is 0 Å². The first-order valence-electron chi connectivity index (χ1n) is 12.2. The lowest BCUT2D eigenvalue weighted by Gasteiger charge is -2.16. The van der Waals surface area contributed by atoms with E-state index in [1.54, 1.807) is 48.2 Å². The predicted octanol–water partition coefficient (Wildman–Crippen LogP) is 5.79. The van der Waals surface area contributed by atoms with Crippen LogP contribution >= 0.6 is 11.8 Å². The van der Waals surface area contributed by atoms with Crippen LogP contribution in [0.1, 0.15) is 42.9 Å². The molecule has 0 radical (unpaired) electrons. The summed E-state index contributed by atoms with van der Waals surface area (Å²) in [5, 5.41) is 16.2. The Bertz CT molecular complexity index is 1360. The maximum atomic E-state index is 13.1. The molecule has 0 bridgehead atoms. The molecule has 1 heterocycles. The number of thioether (sulfide) groups is 1. The van der Waals surface area contributed by atoms with Gasteiger partial charge in [0.2, 0.25) is 0 Å². The van der Waals surface area contributed by atoms with Gasteiger partial charge in [-0.3, -0.25) is 4.79 Å². The summed E-state index contributed by atoms with van der Waals surface area (Å²) < 4.78 is 26.2. The Balaban J connectivity index is 1.37. The summed E-state index contributed by atoms with van der Waals surface area (Å²) in [6.45, 7) is 4.19. The van der Waals surface area contributed by atoms with Gasteiger partial charge in [0.25, 0.3) is 0 Å². The molecule has 0 aromatic heterocycles. The highest BCUT2D eigenvalue weighted by Crippen LogP contribution is 2.30. The van der Waals surface area contributed by atoms with E-state index in [-0.39, 0.29) is 22.6 Å². The number of aryl methyl sites for hydroxylation is 2. The standard InChI is InChI=1S/C29H32N2O4S2/c1-20-21(2)36-29(30-20)31-26-10-6-7-23(17-26)12-11-22-13-15-27(16-14-22)37(34,35)19-25(18-28(32)33)24-8-4-3-5-9-24/h3-10,13-17,25,29-31H,11-12,18-19H2,1-2H3,(H,32,33). The van der Waals surface area contributed by atoms with Gasteiger partial charge in [-0.25, -0.2) is 8.42 Å². The first kappa shape index (κ1) is 26.8. The Morgan fingerprint density at radius 1 is 0.973 bits per heavy atom. The van der Waals surface area contributed by atoms with E-state index >= 15 is 0 Å². The van der Waals surface area contributed by atoms with Gasteiger partial charge < -0.3 is 15.7 Å². The molecule has 0 amide bonds. The fourth-order valence-electron chi connectivity index (χ4n) is 4.35. The molecule has 1 aliphatic heterocycles. The highest BCUT2D eigenvalue weighted by molar-refractivity contribution is 8.03. The Labute approximate surface area is 223 Å². The fraction of sp³-hybridized carbons (Fsp3) is 0.276. The summed E-state index contributed by atoms with van der Waals surface area (Å²) in [7, 11) is -3.65. The average Bonchev–Trinajstić information content (AvgIpc) is 3.19. The van der Waals surface area contributed by atoms with E-state index in [1.165, 1.54) is 16.2 Å². The third-order valence-corrected chi connectivity index (χ3v) is 9.46. The van der Waals surface area contributed by atoms with Crippen molar-refractivity contribution in [1.82, 2.24) is 5.32 Å². The molecular weight excluding hydrogens is 504 g/mol. The van der Waals surface area contributed by atoms with Crippen molar-refractivity contribution in [3.63, 3.8) is 0 Å². The van der Waals surface area contributed by atoms with E-state index in [0.29, 0.717) is 5.56 Å². The molecule has 0 saturated carbocycles. The third kappa shape index (κ3) is 7.40. The van der Waals surface area contributed by atoms with Crippen LogP contribution in [0.4, 0.5) is 5.69 Å². The number of carbonyl (C=O) groups is 1. The van der Waals surface area contributed by atoms with Crippen LogP contribution < -0.4 is 10.6 Å². The van der Waals surface area contributed by atoms with Gasteiger partial charge in [0.15, 0.2) is 9.84 Å². The number of anilines is 1. The van der Waals surface area contributed by atoms with Crippen LogP contribution in [0.3, 0.4) is 0 Å². The van der Waals surface area contributed by atoms with Gasteiger partial charge in [0.05, 0.1) is 17.1 Å². The number of aliphatic carboxylic acids is 1. The van der Waals surface area contributed by atoms with E-state index in [4.69, 9.17) is 0 Å². The molecule has 8 heteroatoms. The minimum absolute atomic E-state index is 0.127. The largest absolute Gasteiger partial charge is 0.481 e. The van der Waals surface area contributed by atoms with Gasteiger partial charge in [0, 0.05) is 22.2 Å². The van der Waals surface area contributed by atoms with Gasteiger partial charge in [0.1, 0.15) is 5.50 Å². The summed E-state index contributed by atoms with van der Waals surface area (Å²) in [4.78, 5) is 12.9. The molecule has 37 heavy (non-hydrogen) atoms. The normalized spacial score (nSPS) is 16.3. The average molecular weight is 537 g/mol. The lowest BCUT2D eigenvalue weighted by atomic mass is 9.98. The molecule has 1 aliphatic rings. The van der Waals surface area contributed by atoms with Crippen LogP contribution in [0.2, 0.25) is 0 Å². The first-order valence-corrected chi connectivity index (χ1v) is 14.8. The van der Waals surface area contributed by atoms with Crippen LogP contribution in [0.15, 0.2) is 94.4 Å². The quantitative estimate of drug-likeness (QED) is 0.286. The van der Waals surface area contributed by atoms with Gasteiger partial charge in [-0.1, -0.05) is 66.4 Å². The zero-order valence-corrected chi connectivity index (χ0v) is 22.6. The third-order valence-electron chi connectivity index (χ3n) is 6.49. The molecule has 2 atom stereocenters. The van der Waals surface area contributed by atoms with Gasteiger partial charge in [-0.15, -0.1) is 0 Å². The lowest BCUT2D eigenvalue weighted by molar-refractivity contribution is -0.137. The second-order valence-electron chi connectivity index (χ2n) is 9.30. The Morgan fingerprint density at radius 2 is 1.68 bits per heavy atom. The zero-order chi connectivity index (χ0) is 26.4. The maximum absolute atomic E-state index is 13.1. The van der Waals surface area contributed by atoms with E-state index in [2.05, 4.69) is 42.7 Å². The van der Waals surface area contributed by atoms with Crippen molar-refractivity contribution < 1.29 is 18.3 Å². The van der Waals surface area contributed by atoms with Gasteiger partial charge in [-0.05, 0) is 67.6 Å². The summed E-state index contributed by atoms with van der Waals surface area (Å²) >= 11 is 1.77. The monoisotopic (exact) mass is 536 g/mol. The number of benzene rings is 3. The molecule has 6 nitrogen and oxygen atoms in total. The van der Waals surface area contributed by atoms with Crippen molar-refractivity contribution in [1.29, 1.82) is 0 Å². The van der Waals surface area contributed by atoms with E-state index in [0.717, 1.165) is 24.1 Å². The number of rotatable bonds is 11. The molecular formula is C29H32N2O4S2. The summed E-state index contributed by atoms with van der Waals surface area (Å²) in [6.07, 6.45) is 1.38. The van der Waals surface area contributed by atoms with Crippen LogP contribution in [0.5, 0.6) is 0 Å². The Hall–Kier alpha value is -3.23. The van der Waals surface area contributed by atoms with Gasteiger partial charge in [-0.2, -0.15) is 0 Å². The van der Waals surface area contributed by atoms with Crippen LogP contribution in [-0.4, -0.2) is 30.7 Å². The number of nitrogens with one attached hydrogen (secondary N) is 2. The minimum Gasteiger partial charge on any atom is -0.481 e. The number of hydrogen-bond donors (Lipinski definition) is 3. The molecule has 3 aromatic rings. The number of allylic oxidation sites excluding steroid dienone is 2. The first-order chi connectivity index (χ1) is 17.7. The smallest absolute Gasteiger partial charge is 0.303 e. The van der Waals surface area contributed by atoms with E-state index in [1.807, 2.05) is 24.3 Å². The predicted molar refractivity (Wildman–Crippen MR) is 150 cm³/mol. The van der Waals surface area contributed by atoms with Crippen molar-refractivity contribution in [2.75, 3.05) is 11.1 Å². The summed E-state index contributed by atoms with van der Waals surface area (Å²) in [6, 6.07) is 24.3. The summed E-state index contributed by atoms with van der Waals surface area (Å²) in [5.41, 5.74) is 5.34. The number of hydrogen-bond acceptors (Lipinski definition) is 6. The van der Waals surface area contributed by atoms with E-state index < -0.39 is 21.7 Å². The Morgan fingerprint density at radius 3 is 2.32 bits per heavy atom. The van der Waals surface area contributed by atoms with Crippen molar-refractivity contribution in [3.05, 3.63) is 106 Å². The number of carboxylic acids is 1. The molecule has 0 saturated heterocycles. The molecule has 3 aromatic carbocycles. The van der Waals surface area contributed by atoms with Crippen molar-refractivity contribution in [2.45, 2.75) is 49.4 Å². The second kappa shape index (κ2) is 11.9. The van der Waals surface area contributed by atoms with Crippen LogP contribution in [-0.2, 0) is 27.5 Å². The molecule has 0 aliphatic carbocycles. The Kier molecular flexibility index (Phi) is 8.61.